The maximum Gasteiger partial charge on any atom is 0.152 e. The van der Waals surface area contributed by atoms with E-state index in [4.69, 9.17) is 0 Å². The molecule has 0 aliphatic rings. The monoisotopic (exact) mass is 408 g/mol. The van der Waals surface area contributed by atoms with E-state index in [0.29, 0.717) is 0 Å². The maximum absolute atomic E-state index is 10.7. The highest BCUT2D eigenvalue weighted by Crippen LogP contribution is 2.36. The van der Waals surface area contributed by atoms with E-state index in [9.17, 15) is 9.59 Å². The van der Waals surface area contributed by atoms with Crippen molar-refractivity contribution in [2.24, 2.45) is 0 Å². The Morgan fingerprint density at radius 2 is 1.33 bits per heavy atom. The molecule has 2 atom stereocenters. The van der Waals surface area contributed by atoms with E-state index in [1.54, 1.807) is 12.4 Å². The molecule has 0 aliphatic carbocycles. The van der Waals surface area contributed by atoms with Gasteiger partial charge in [-0.1, -0.05) is 31.9 Å². The fourth-order valence-electron chi connectivity index (χ4n) is 1.16. The second kappa shape index (κ2) is 6.14. The van der Waals surface area contributed by atoms with Crippen molar-refractivity contribution in [3.63, 3.8) is 0 Å². The molecular formula is C10H6Br2N2O2S2. The minimum Gasteiger partial charge on any atom is -0.302 e. The van der Waals surface area contributed by atoms with Gasteiger partial charge in [0, 0.05) is 22.1 Å². The summed E-state index contributed by atoms with van der Waals surface area (Å²) < 4.78 is 0. The Labute approximate surface area is 128 Å². The molecule has 2 heterocycles. The van der Waals surface area contributed by atoms with E-state index < -0.39 is 0 Å². The molecule has 0 saturated heterocycles. The van der Waals surface area contributed by atoms with Crippen LogP contribution < -0.4 is 0 Å². The van der Waals surface area contributed by atoms with Crippen LogP contribution >= 0.6 is 54.5 Å². The first-order valence-electron chi connectivity index (χ1n) is 4.76. The van der Waals surface area contributed by atoms with Crippen molar-refractivity contribution in [2.75, 3.05) is 0 Å². The molecule has 0 fully saturated rings. The number of aldehydes is 2. The third-order valence-corrected chi connectivity index (χ3v) is 6.34. The smallest absolute Gasteiger partial charge is 0.152 e. The summed E-state index contributed by atoms with van der Waals surface area (Å²) in [4.78, 5) is 30.8. The number of carbonyl (C=O) groups is 2. The number of aromatic nitrogens is 2. The van der Waals surface area contributed by atoms with Gasteiger partial charge in [-0.05, 0) is 0 Å². The number of carbonyl (C=O) groups excluding carboxylic acids is 2. The predicted octanol–water partition coefficient (Wildman–Crippen LogP) is 3.54. The molecule has 0 aromatic carbocycles. The first-order chi connectivity index (χ1) is 8.65. The van der Waals surface area contributed by atoms with E-state index in [-0.39, 0.29) is 9.65 Å². The lowest BCUT2D eigenvalue weighted by Crippen LogP contribution is -1.84. The summed E-state index contributed by atoms with van der Waals surface area (Å²) in [5.41, 5.74) is 0. The molecule has 8 heteroatoms. The average molecular weight is 410 g/mol. The van der Waals surface area contributed by atoms with E-state index >= 15 is 0 Å². The molecule has 2 aromatic rings. The number of halogens is 2. The molecule has 0 spiro atoms. The first kappa shape index (κ1) is 14.0. The molecule has 0 saturated carbocycles. The van der Waals surface area contributed by atoms with Crippen molar-refractivity contribution >= 4 is 67.1 Å². The third kappa shape index (κ3) is 2.93. The highest BCUT2D eigenvalue weighted by molar-refractivity contribution is 9.09. The van der Waals surface area contributed by atoms with Crippen LogP contribution in [0.15, 0.2) is 12.4 Å². The predicted molar refractivity (Wildman–Crippen MR) is 78.7 cm³/mol. The molecule has 18 heavy (non-hydrogen) atoms. The van der Waals surface area contributed by atoms with Gasteiger partial charge >= 0.3 is 0 Å². The van der Waals surface area contributed by atoms with E-state index in [1.807, 2.05) is 0 Å². The van der Waals surface area contributed by atoms with Crippen molar-refractivity contribution in [3.8, 4) is 10.0 Å². The summed E-state index contributed by atoms with van der Waals surface area (Å²) in [6.07, 6.45) is 4.93. The van der Waals surface area contributed by atoms with Gasteiger partial charge in [-0.3, -0.25) is 0 Å². The molecule has 0 amide bonds. The zero-order valence-corrected chi connectivity index (χ0v) is 13.6. The average Bonchev–Trinajstić information content (AvgIpc) is 3.04. The zero-order chi connectivity index (χ0) is 13.1. The van der Waals surface area contributed by atoms with E-state index in [2.05, 4.69) is 41.8 Å². The number of hydrogen-bond donors (Lipinski definition) is 0. The molecule has 0 aliphatic heterocycles. The lowest BCUT2D eigenvalue weighted by Gasteiger charge is -1.93. The molecular weight excluding hydrogens is 404 g/mol. The number of rotatable bonds is 5. The molecule has 2 aromatic heterocycles. The Kier molecular flexibility index (Phi) is 4.77. The van der Waals surface area contributed by atoms with Crippen molar-refractivity contribution in [3.05, 3.63) is 22.1 Å². The second-order valence-corrected chi connectivity index (χ2v) is 7.31. The zero-order valence-electron chi connectivity index (χ0n) is 8.75. The van der Waals surface area contributed by atoms with Gasteiger partial charge in [-0.25, -0.2) is 9.97 Å². The number of nitrogens with zero attached hydrogens (tertiary/aromatic N) is 2. The summed E-state index contributed by atoms with van der Waals surface area (Å²) in [5, 5.41) is 1.50. The molecule has 2 unspecified atom stereocenters. The summed E-state index contributed by atoms with van der Waals surface area (Å²) in [7, 11) is 0. The second-order valence-electron chi connectivity index (χ2n) is 3.21. The highest BCUT2D eigenvalue weighted by atomic mass is 79.9. The Morgan fingerprint density at radius 3 is 1.67 bits per heavy atom. The summed E-state index contributed by atoms with van der Waals surface area (Å²) in [6.45, 7) is 0. The Balaban J connectivity index is 2.26. The molecule has 0 N–H and O–H groups in total. The van der Waals surface area contributed by atoms with Gasteiger partial charge in [-0.15, -0.1) is 22.7 Å². The molecule has 0 bridgehead atoms. The van der Waals surface area contributed by atoms with Crippen molar-refractivity contribution in [1.29, 1.82) is 0 Å². The Bertz CT molecular complexity index is 519. The van der Waals surface area contributed by atoms with Crippen LogP contribution in [0, 0.1) is 0 Å². The minimum absolute atomic E-state index is 0.331. The van der Waals surface area contributed by atoms with Gasteiger partial charge in [0.2, 0.25) is 0 Å². The molecule has 4 nitrogen and oxygen atoms in total. The minimum atomic E-state index is -0.331. The van der Waals surface area contributed by atoms with Crippen LogP contribution in [0.2, 0.25) is 0 Å². The van der Waals surface area contributed by atoms with Crippen LogP contribution in [-0.2, 0) is 9.59 Å². The molecule has 0 radical (unpaired) electrons. The van der Waals surface area contributed by atoms with Crippen LogP contribution in [0.25, 0.3) is 10.0 Å². The largest absolute Gasteiger partial charge is 0.302 e. The van der Waals surface area contributed by atoms with Crippen molar-refractivity contribution < 1.29 is 9.59 Å². The molecule has 2 rings (SSSR count). The Morgan fingerprint density at radius 1 is 0.944 bits per heavy atom. The number of thiazole rings is 2. The summed E-state index contributed by atoms with van der Waals surface area (Å²) in [5.74, 6) is 0. The summed E-state index contributed by atoms with van der Waals surface area (Å²) >= 11 is 9.30. The topological polar surface area (TPSA) is 59.9 Å². The normalized spacial score (nSPS) is 14.1. The fourth-order valence-corrected chi connectivity index (χ4v) is 3.69. The molecule has 94 valence electrons. The SMILES string of the molecule is O=CC(Br)c1cnc(-c2ncc(C(Br)C=O)s2)s1. The van der Waals surface area contributed by atoms with Crippen molar-refractivity contribution in [1.82, 2.24) is 9.97 Å². The number of alkyl halides is 2. The highest BCUT2D eigenvalue weighted by Gasteiger charge is 2.16. The van der Waals surface area contributed by atoms with Crippen LogP contribution in [0.4, 0.5) is 0 Å². The van der Waals surface area contributed by atoms with Gasteiger partial charge < -0.3 is 9.59 Å². The quantitative estimate of drug-likeness (QED) is 0.559. The van der Waals surface area contributed by atoms with E-state index in [1.165, 1.54) is 22.7 Å². The third-order valence-electron chi connectivity index (χ3n) is 2.01. The van der Waals surface area contributed by atoms with Gasteiger partial charge in [0.1, 0.15) is 22.2 Å². The standard InChI is InChI=1S/C10H6Br2N2O2S2/c11-5(3-15)7-1-13-9(17-7)10-14-2-8(18-10)6(12)4-16/h1-6H. The van der Waals surface area contributed by atoms with Gasteiger partial charge in [0.25, 0.3) is 0 Å². The first-order valence-corrected chi connectivity index (χ1v) is 8.22. The van der Waals surface area contributed by atoms with E-state index in [0.717, 1.165) is 32.3 Å². The summed E-state index contributed by atoms with van der Waals surface area (Å²) in [6, 6.07) is 0. The lowest BCUT2D eigenvalue weighted by molar-refractivity contribution is -0.108. The van der Waals surface area contributed by atoms with Gasteiger partial charge in [0.15, 0.2) is 10.0 Å². The fraction of sp³-hybridized carbons (Fsp3) is 0.200. The van der Waals surface area contributed by atoms with Crippen LogP contribution in [0.1, 0.15) is 19.4 Å². The maximum atomic E-state index is 10.7. The lowest BCUT2D eigenvalue weighted by atomic mass is 10.4. The Hall–Kier alpha value is -0.440. The van der Waals surface area contributed by atoms with Crippen LogP contribution in [0.3, 0.4) is 0 Å². The van der Waals surface area contributed by atoms with Gasteiger partial charge in [-0.2, -0.15) is 0 Å². The van der Waals surface area contributed by atoms with Crippen LogP contribution in [-0.4, -0.2) is 22.5 Å². The van der Waals surface area contributed by atoms with Gasteiger partial charge in [0.05, 0.1) is 0 Å². The number of hydrogen-bond acceptors (Lipinski definition) is 6. The van der Waals surface area contributed by atoms with Crippen LogP contribution in [0.5, 0.6) is 0 Å². The van der Waals surface area contributed by atoms with Crippen molar-refractivity contribution in [2.45, 2.75) is 9.65 Å².